The molecule has 1 saturated heterocycles. The van der Waals surface area contributed by atoms with Crippen LogP contribution >= 0.6 is 23.4 Å². The van der Waals surface area contributed by atoms with Crippen molar-refractivity contribution in [3.63, 3.8) is 0 Å². The van der Waals surface area contributed by atoms with E-state index in [9.17, 15) is 5.11 Å². The van der Waals surface area contributed by atoms with E-state index in [1.165, 1.54) is 18.6 Å². The first-order valence-electron chi connectivity index (χ1n) is 5.80. The third-order valence-electron chi connectivity index (χ3n) is 3.03. The van der Waals surface area contributed by atoms with E-state index in [2.05, 4.69) is 0 Å². The third-order valence-corrected chi connectivity index (χ3v) is 4.90. The van der Waals surface area contributed by atoms with Crippen LogP contribution in [-0.2, 0) is 6.42 Å². The Kier molecular flexibility index (Phi) is 4.56. The Morgan fingerprint density at radius 3 is 2.88 bits per heavy atom. The fraction of sp³-hybridized carbons (Fsp3) is 0.538. The summed E-state index contributed by atoms with van der Waals surface area (Å²) in [6.07, 6.45) is 4.09. The Hall–Kier alpha value is -0.180. The smallest absolute Gasteiger partial charge is 0.0699 e. The molecule has 1 aromatic carbocycles. The zero-order chi connectivity index (χ0) is 11.4. The number of thioether (sulfide) groups is 1. The van der Waals surface area contributed by atoms with Gasteiger partial charge in [0.15, 0.2) is 0 Å². The van der Waals surface area contributed by atoms with Crippen molar-refractivity contribution in [1.29, 1.82) is 0 Å². The van der Waals surface area contributed by atoms with E-state index >= 15 is 0 Å². The van der Waals surface area contributed by atoms with Gasteiger partial charge in [-0.25, -0.2) is 0 Å². The second-order valence-corrected chi connectivity index (χ2v) is 6.02. The number of halogens is 1. The summed E-state index contributed by atoms with van der Waals surface area (Å²) in [6.45, 7) is 0. The van der Waals surface area contributed by atoms with E-state index in [1.54, 1.807) is 0 Å². The first-order chi connectivity index (χ1) is 7.77. The van der Waals surface area contributed by atoms with Crippen LogP contribution in [0.3, 0.4) is 0 Å². The molecular weight excluding hydrogens is 240 g/mol. The van der Waals surface area contributed by atoms with Crippen LogP contribution in [0.5, 0.6) is 0 Å². The topological polar surface area (TPSA) is 20.2 Å². The second-order valence-electron chi connectivity index (χ2n) is 4.27. The zero-order valence-electron chi connectivity index (χ0n) is 9.23. The highest BCUT2D eigenvalue weighted by molar-refractivity contribution is 8.00. The average Bonchev–Trinajstić information content (AvgIpc) is 2.33. The predicted octanol–water partition coefficient (Wildman–Crippen LogP) is 3.53. The molecule has 1 aliphatic rings. The number of hydrogen-bond donors (Lipinski definition) is 1. The lowest BCUT2D eigenvalue weighted by Crippen LogP contribution is -2.27. The van der Waals surface area contributed by atoms with Crippen LogP contribution in [0.25, 0.3) is 0 Å². The van der Waals surface area contributed by atoms with Crippen LogP contribution in [0.4, 0.5) is 0 Å². The lowest BCUT2D eigenvalue weighted by molar-refractivity contribution is 0.166. The third kappa shape index (κ3) is 3.16. The standard InChI is InChI=1S/C13H17ClOS/c14-11-6-2-1-5-10(11)9-12(15)13-7-3-4-8-16-13/h1-2,5-6,12-13,15H,3-4,7-9H2. The molecule has 1 aromatic rings. The maximum Gasteiger partial charge on any atom is 0.0699 e. The monoisotopic (exact) mass is 256 g/mol. The van der Waals surface area contributed by atoms with Gasteiger partial charge >= 0.3 is 0 Å². The molecule has 0 spiro atoms. The molecule has 2 unspecified atom stereocenters. The van der Waals surface area contributed by atoms with Crippen LogP contribution in [0.2, 0.25) is 5.02 Å². The summed E-state index contributed by atoms with van der Waals surface area (Å²) >= 11 is 7.99. The van der Waals surface area contributed by atoms with Gasteiger partial charge in [0.25, 0.3) is 0 Å². The van der Waals surface area contributed by atoms with Gasteiger partial charge in [0.1, 0.15) is 0 Å². The van der Waals surface area contributed by atoms with Crippen molar-refractivity contribution in [2.45, 2.75) is 37.0 Å². The van der Waals surface area contributed by atoms with Crippen molar-refractivity contribution >= 4 is 23.4 Å². The van der Waals surface area contributed by atoms with E-state index in [4.69, 9.17) is 11.6 Å². The molecule has 3 heteroatoms. The highest BCUT2D eigenvalue weighted by Crippen LogP contribution is 2.29. The Balaban J connectivity index is 1.96. The van der Waals surface area contributed by atoms with Crippen molar-refractivity contribution in [2.75, 3.05) is 5.75 Å². The predicted molar refractivity (Wildman–Crippen MR) is 71.3 cm³/mol. The largest absolute Gasteiger partial charge is 0.392 e. The summed E-state index contributed by atoms with van der Waals surface area (Å²) in [5.41, 5.74) is 1.06. The minimum absolute atomic E-state index is 0.259. The van der Waals surface area contributed by atoms with E-state index in [-0.39, 0.29) is 6.10 Å². The summed E-state index contributed by atoms with van der Waals surface area (Å²) < 4.78 is 0. The summed E-state index contributed by atoms with van der Waals surface area (Å²) in [5, 5.41) is 11.3. The summed E-state index contributed by atoms with van der Waals surface area (Å²) in [5.74, 6) is 1.18. The number of hydrogen-bond acceptors (Lipinski definition) is 2. The molecule has 0 radical (unpaired) electrons. The molecule has 2 rings (SSSR count). The highest BCUT2D eigenvalue weighted by Gasteiger charge is 2.22. The van der Waals surface area contributed by atoms with Gasteiger partial charge in [0.2, 0.25) is 0 Å². The first kappa shape index (κ1) is 12.3. The highest BCUT2D eigenvalue weighted by atomic mass is 35.5. The van der Waals surface area contributed by atoms with Crippen molar-refractivity contribution < 1.29 is 5.11 Å². The molecule has 88 valence electrons. The van der Waals surface area contributed by atoms with E-state index in [1.807, 2.05) is 36.0 Å². The van der Waals surface area contributed by atoms with Gasteiger partial charge in [0, 0.05) is 16.7 Å². The summed E-state index contributed by atoms with van der Waals surface area (Å²) in [4.78, 5) is 0. The van der Waals surface area contributed by atoms with Crippen molar-refractivity contribution in [2.24, 2.45) is 0 Å². The minimum atomic E-state index is -0.259. The second kappa shape index (κ2) is 5.95. The lowest BCUT2D eigenvalue weighted by Gasteiger charge is -2.26. The van der Waals surface area contributed by atoms with Crippen molar-refractivity contribution in [3.8, 4) is 0 Å². The molecule has 1 N–H and O–H groups in total. The summed E-state index contributed by atoms with van der Waals surface area (Å²) in [7, 11) is 0. The molecule has 1 fully saturated rings. The van der Waals surface area contributed by atoms with Crippen LogP contribution in [-0.4, -0.2) is 22.2 Å². The van der Waals surface area contributed by atoms with Gasteiger partial charge in [-0.05, 0) is 30.2 Å². The molecule has 2 atom stereocenters. The van der Waals surface area contributed by atoms with Gasteiger partial charge in [-0.15, -0.1) is 0 Å². The van der Waals surface area contributed by atoms with Gasteiger partial charge in [-0.1, -0.05) is 36.2 Å². The number of rotatable bonds is 3. The van der Waals surface area contributed by atoms with Gasteiger partial charge in [0.05, 0.1) is 6.10 Å². The lowest BCUT2D eigenvalue weighted by atomic mass is 10.0. The van der Waals surface area contributed by atoms with Crippen LogP contribution in [0.15, 0.2) is 24.3 Å². The van der Waals surface area contributed by atoms with E-state index < -0.39 is 0 Å². The van der Waals surface area contributed by atoms with Crippen molar-refractivity contribution in [1.82, 2.24) is 0 Å². The fourth-order valence-electron chi connectivity index (χ4n) is 2.09. The number of aliphatic hydroxyl groups excluding tert-OH is 1. The van der Waals surface area contributed by atoms with Crippen LogP contribution in [0, 0.1) is 0 Å². The zero-order valence-corrected chi connectivity index (χ0v) is 10.8. The molecule has 1 nitrogen and oxygen atoms in total. The molecule has 0 saturated carbocycles. The van der Waals surface area contributed by atoms with E-state index in [0.29, 0.717) is 11.7 Å². The van der Waals surface area contributed by atoms with Gasteiger partial charge in [-0.3, -0.25) is 0 Å². The van der Waals surface area contributed by atoms with Gasteiger partial charge in [-0.2, -0.15) is 11.8 Å². The molecule has 0 aliphatic carbocycles. The molecule has 16 heavy (non-hydrogen) atoms. The molecule has 0 aromatic heterocycles. The molecule has 0 bridgehead atoms. The van der Waals surface area contributed by atoms with E-state index in [0.717, 1.165) is 17.0 Å². The Morgan fingerprint density at radius 2 is 2.19 bits per heavy atom. The molecule has 1 heterocycles. The minimum Gasteiger partial charge on any atom is -0.392 e. The molecule has 1 aliphatic heterocycles. The number of aliphatic hydroxyl groups is 1. The maximum absolute atomic E-state index is 10.2. The first-order valence-corrected chi connectivity index (χ1v) is 7.23. The molecular formula is C13H17ClOS. The number of benzene rings is 1. The maximum atomic E-state index is 10.2. The average molecular weight is 257 g/mol. The SMILES string of the molecule is OC(Cc1ccccc1Cl)C1CCCCS1. The quantitative estimate of drug-likeness (QED) is 0.893. The Labute approximate surface area is 106 Å². The van der Waals surface area contributed by atoms with Crippen LogP contribution in [0.1, 0.15) is 24.8 Å². The van der Waals surface area contributed by atoms with Crippen molar-refractivity contribution in [3.05, 3.63) is 34.9 Å². The summed E-state index contributed by atoms with van der Waals surface area (Å²) in [6, 6.07) is 7.78. The normalized spacial score (nSPS) is 23.0. The van der Waals surface area contributed by atoms with Crippen LogP contribution < -0.4 is 0 Å². The fourth-order valence-corrected chi connectivity index (χ4v) is 3.63. The molecule has 0 amide bonds. The van der Waals surface area contributed by atoms with Gasteiger partial charge < -0.3 is 5.11 Å². The Bertz CT molecular complexity index is 336. The Morgan fingerprint density at radius 1 is 1.38 bits per heavy atom.